The van der Waals surface area contributed by atoms with Crippen LogP contribution >= 0.6 is 0 Å². The molecule has 0 fully saturated rings. The number of ketones is 1. The summed E-state index contributed by atoms with van der Waals surface area (Å²) in [7, 11) is 0. The molecule has 1 N–H and O–H groups in total. The van der Waals surface area contributed by atoms with E-state index in [1.54, 1.807) is 6.07 Å². The van der Waals surface area contributed by atoms with Crippen LogP contribution < -0.4 is 0 Å². The van der Waals surface area contributed by atoms with E-state index >= 15 is 0 Å². The summed E-state index contributed by atoms with van der Waals surface area (Å²) < 4.78 is 56.9. The van der Waals surface area contributed by atoms with Crippen LogP contribution in [0.3, 0.4) is 0 Å². The molecule has 0 aliphatic rings. The van der Waals surface area contributed by atoms with Gasteiger partial charge in [0, 0.05) is 49.1 Å². The minimum Gasteiger partial charge on any atom is -0.512 e. The van der Waals surface area contributed by atoms with Gasteiger partial charge in [0.1, 0.15) is 11.8 Å². The first-order chi connectivity index (χ1) is 22.3. The molecule has 1 heterocycles. The number of nitrogens with zero attached hydrogens (tertiary/aromatic N) is 2. The van der Waals surface area contributed by atoms with Crippen molar-refractivity contribution in [2.24, 2.45) is 11.8 Å². The number of aliphatic hydroxyl groups is 1. The summed E-state index contributed by atoms with van der Waals surface area (Å²) in [4.78, 5) is 19.5. The minimum absolute atomic E-state index is 0. The van der Waals surface area contributed by atoms with Crippen LogP contribution in [0.5, 0.6) is 0 Å². The molecule has 4 nitrogen and oxygen atoms in total. The first-order valence-electron chi connectivity index (χ1n) is 16.1. The fraction of sp³-hybridized carbons (Fsp3) is 0.359. The second-order valence-corrected chi connectivity index (χ2v) is 12.8. The van der Waals surface area contributed by atoms with Gasteiger partial charge in [0.25, 0.3) is 0 Å². The average molecular weight is 838 g/mol. The molecule has 48 heavy (non-hydrogen) atoms. The zero-order valence-corrected chi connectivity index (χ0v) is 30.7. The average Bonchev–Trinajstić information content (AvgIpc) is 3.05. The molecule has 0 saturated carbocycles. The molecule has 0 atom stereocenters. The van der Waals surface area contributed by atoms with Crippen LogP contribution in [0.1, 0.15) is 79.7 Å². The number of carbonyl (C=O) groups excluding carboxylic acids is 1. The van der Waals surface area contributed by atoms with Gasteiger partial charge in [0.05, 0.1) is 5.76 Å². The van der Waals surface area contributed by atoms with Crippen molar-refractivity contribution in [3.63, 3.8) is 0 Å². The smallest absolute Gasteiger partial charge is 0.199 e. The van der Waals surface area contributed by atoms with Gasteiger partial charge in [0.15, 0.2) is 29.1 Å². The number of hydrogen-bond acceptors (Lipinski definition) is 4. The molecule has 0 unspecified atom stereocenters. The third-order valence-corrected chi connectivity index (χ3v) is 8.73. The van der Waals surface area contributed by atoms with Crippen LogP contribution in [0.2, 0.25) is 0 Å². The Morgan fingerprint density at radius 3 is 1.96 bits per heavy atom. The number of benzene rings is 4. The molecule has 0 aliphatic heterocycles. The largest absolute Gasteiger partial charge is 0.512 e. The molecule has 5 aromatic rings. The molecule has 9 heteroatoms. The number of allylic oxidation sites excluding steroid dienone is 2. The minimum atomic E-state index is -1.90. The fourth-order valence-electron chi connectivity index (χ4n) is 5.87. The molecule has 1 aromatic heterocycles. The van der Waals surface area contributed by atoms with Crippen LogP contribution in [0.4, 0.5) is 17.6 Å². The summed E-state index contributed by atoms with van der Waals surface area (Å²) in [6.07, 6.45) is 5.91. The third kappa shape index (κ3) is 7.95. The van der Waals surface area contributed by atoms with E-state index in [1.165, 1.54) is 6.08 Å². The zero-order valence-electron chi connectivity index (χ0n) is 28.3. The van der Waals surface area contributed by atoms with E-state index in [0.29, 0.717) is 5.56 Å². The SMILES string of the molecule is CC(C)(C)c1cc(-c2ncnc3c(F)c(F)c(F)c(F)c23)[c-]c2cc3ccccc3cc12.CCC(CC)C(=O)/C=C(\O)C(CC)CC.[Ir]. The summed E-state index contributed by atoms with van der Waals surface area (Å²) in [5, 5.41) is 13.0. The van der Waals surface area contributed by atoms with E-state index < -0.39 is 34.2 Å². The molecule has 4 aromatic carbocycles. The van der Waals surface area contributed by atoms with Crippen molar-refractivity contribution >= 4 is 38.2 Å². The van der Waals surface area contributed by atoms with Crippen molar-refractivity contribution in [1.82, 2.24) is 9.97 Å². The maximum atomic E-state index is 14.8. The van der Waals surface area contributed by atoms with Crippen molar-refractivity contribution in [3.05, 3.63) is 95.5 Å². The van der Waals surface area contributed by atoms with Gasteiger partial charge in [-0.3, -0.25) is 9.78 Å². The van der Waals surface area contributed by atoms with Crippen LogP contribution in [0.15, 0.2) is 60.6 Å². The van der Waals surface area contributed by atoms with E-state index in [4.69, 9.17) is 0 Å². The topological polar surface area (TPSA) is 63.1 Å². The first-order valence-corrected chi connectivity index (χ1v) is 16.1. The monoisotopic (exact) mass is 838 g/mol. The summed E-state index contributed by atoms with van der Waals surface area (Å²) >= 11 is 0. The van der Waals surface area contributed by atoms with Crippen LogP contribution in [0, 0.1) is 41.2 Å². The number of aromatic nitrogens is 2. The van der Waals surface area contributed by atoms with Gasteiger partial charge in [-0.2, -0.15) is 0 Å². The molecule has 0 bridgehead atoms. The Labute approximate surface area is 293 Å². The van der Waals surface area contributed by atoms with E-state index in [9.17, 15) is 27.5 Å². The zero-order chi connectivity index (χ0) is 34.6. The standard InChI is InChI=1S/C26H17F4N2.C13H24O2.Ir/c1-26(2,3)18-11-16(9-15-8-13-6-4-5-7-14(13)10-17(15)18)24-19-20(27)21(28)22(29)23(30)25(19)32-12-31-24;1-5-10(6-2)12(14)9-13(15)11(7-3)8-4;/h4-8,10-12H,1-3H3;9-11,14H,5-8H2,1-4H3;/q-1;;/b;12-9-;. The van der Waals surface area contributed by atoms with Gasteiger partial charge in [0.2, 0.25) is 0 Å². The van der Waals surface area contributed by atoms with Gasteiger partial charge < -0.3 is 5.11 Å². The second kappa shape index (κ2) is 16.1. The molecular weight excluding hydrogens is 797 g/mol. The second-order valence-electron chi connectivity index (χ2n) is 12.8. The first kappa shape index (κ1) is 38.8. The Hall–Kier alpha value is -3.68. The molecule has 0 aliphatic carbocycles. The normalized spacial score (nSPS) is 12.1. The third-order valence-electron chi connectivity index (χ3n) is 8.73. The molecule has 0 spiro atoms. The summed E-state index contributed by atoms with van der Waals surface area (Å²) in [6, 6.07) is 16.9. The number of halogens is 4. The predicted molar refractivity (Wildman–Crippen MR) is 181 cm³/mol. The van der Waals surface area contributed by atoms with E-state index in [2.05, 4.69) is 22.1 Å². The van der Waals surface area contributed by atoms with Crippen molar-refractivity contribution in [2.45, 2.75) is 79.6 Å². The Morgan fingerprint density at radius 1 is 0.833 bits per heavy atom. The molecular formula is C39H41F4IrN2O2-. The summed E-state index contributed by atoms with van der Waals surface area (Å²) in [6.45, 7) is 14.2. The summed E-state index contributed by atoms with van der Waals surface area (Å²) in [5.74, 6) is -6.33. The van der Waals surface area contributed by atoms with Gasteiger partial charge in [-0.05, 0) is 36.5 Å². The molecule has 257 valence electrons. The van der Waals surface area contributed by atoms with Crippen LogP contribution in [-0.2, 0) is 30.3 Å². The van der Waals surface area contributed by atoms with Gasteiger partial charge in [-0.15, -0.1) is 29.1 Å². The van der Waals surface area contributed by atoms with Gasteiger partial charge >= 0.3 is 0 Å². The molecule has 0 amide bonds. The molecule has 5 rings (SSSR count). The number of hydrogen-bond donors (Lipinski definition) is 1. The van der Waals surface area contributed by atoms with Crippen molar-refractivity contribution < 1.29 is 47.6 Å². The molecule has 1 radical (unpaired) electrons. The fourth-order valence-corrected chi connectivity index (χ4v) is 5.87. The van der Waals surface area contributed by atoms with Crippen molar-refractivity contribution in [3.8, 4) is 11.3 Å². The maximum Gasteiger partial charge on any atom is 0.199 e. The quantitative estimate of drug-likeness (QED) is 0.0322. The Kier molecular flexibility index (Phi) is 13.0. The van der Waals surface area contributed by atoms with E-state index in [-0.39, 0.29) is 54.6 Å². The van der Waals surface area contributed by atoms with Gasteiger partial charge in [-0.1, -0.05) is 95.1 Å². The molecule has 0 saturated heterocycles. The Morgan fingerprint density at radius 2 is 1.40 bits per heavy atom. The van der Waals surface area contributed by atoms with Crippen LogP contribution in [-0.4, -0.2) is 20.9 Å². The van der Waals surface area contributed by atoms with Gasteiger partial charge in [-0.25, -0.2) is 22.5 Å². The summed E-state index contributed by atoms with van der Waals surface area (Å²) in [5.41, 5.74) is 0.298. The van der Waals surface area contributed by atoms with E-state index in [0.717, 1.165) is 59.1 Å². The number of fused-ring (bicyclic) bond motifs is 3. The van der Waals surface area contributed by atoms with Crippen molar-refractivity contribution in [2.75, 3.05) is 0 Å². The van der Waals surface area contributed by atoms with Crippen LogP contribution in [0.25, 0.3) is 43.7 Å². The Bertz CT molecular complexity index is 1960. The maximum absolute atomic E-state index is 14.8. The van der Waals surface area contributed by atoms with E-state index in [1.807, 2.05) is 78.8 Å². The number of rotatable bonds is 8. The number of aliphatic hydroxyl groups excluding tert-OH is 1. The van der Waals surface area contributed by atoms with Crippen molar-refractivity contribution in [1.29, 1.82) is 0 Å². The predicted octanol–water partition coefficient (Wildman–Crippen LogP) is 11.1. The Balaban J connectivity index is 0.000000334. The number of carbonyl (C=O) groups is 1.